The third-order valence-corrected chi connectivity index (χ3v) is 7.35. The number of allylic oxidation sites excluding steroid dienone is 5. The van der Waals surface area contributed by atoms with E-state index in [1.165, 1.54) is 10.8 Å². The Kier molecular flexibility index (Phi) is 6.23. The van der Waals surface area contributed by atoms with Gasteiger partial charge >= 0.3 is 0 Å². The lowest BCUT2D eigenvalue weighted by atomic mass is 10.1. The molecule has 0 saturated carbocycles. The molecule has 6 aromatic rings. The molecule has 3 nitrogen and oxygen atoms in total. The zero-order valence-electron chi connectivity index (χ0n) is 22.1. The number of hydrogen-bond acceptors (Lipinski definition) is 2. The fourth-order valence-corrected chi connectivity index (χ4v) is 5.49. The normalized spacial score (nSPS) is 12.8. The SMILES string of the molecule is C1=CCC=CC(N(c2ccccc2)c2ccc3[nH]c4ccc(N(c5ccccc5)c5ccccc5)cc4c3c2)=C1. The van der Waals surface area contributed by atoms with Gasteiger partial charge in [0.25, 0.3) is 0 Å². The van der Waals surface area contributed by atoms with Crippen LogP contribution in [0.25, 0.3) is 21.8 Å². The molecule has 0 fully saturated rings. The summed E-state index contributed by atoms with van der Waals surface area (Å²) in [5.74, 6) is 0. The second-order valence-corrected chi connectivity index (χ2v) is 9.92. The van der Waals surface area contributed by atoms with Crippen LogP contribution in [0, 0.1) is 0 Å². The van der Waals surface area contributed by atoms with E-state index in [0.29, 0.717) is 0 Å². The van der Waals surface area contributed by atoms with Crippen molar-refractivity contribution in [1.29, 1.82) is 0 Å². The molecule has 1 N–H and O–H groups in total. The van der Waals surface area contributed by atoms with E-state index in [0.717, 1.165) is 51.6 Å². The zero-order chi connectivity index (χ0) is 26.7. The van der Waals surface area contributed by atoms with Crippen LogP contribution in [0.15, 0.2) is 163 Å². The maximum atomic E-state index is 3.64. The summed E-state index contributed by atoms with van der Waals surface area (Å²) in [6, 6.07) is 45.1. The molecule has 3 heteroatoms. The van der Waals surface area contributed by atoms with Crippen LogP contribution in [0.3, 0.4) is 0 Å². The molecule has 0 atom stereocenters. The Bertz CT molecular complexity index is 1820. The first-order chi connectivity index (χ1) is 19.8. The number of anilines is 5. The number of rotatable bonds is 6. The average Bonchev–Trinajstić information content (AvgIpc) is 3.16. The number of nitrogens with one attached hydrogen (secondary N) is 1. The Morgan fingerprint density at radius 2 is 0.975 bits per heavy atom. The Balaban J connectivity index is 1.40. The highest BCUT2D eigenvalue weighted by molar-refractivity contribution is 6.10. The maximum Gasteiger partial charge on any atom is 0.0469 e. The third kappa shape index (κ3) is 4.48. The van der Waals surface area contributed by atoms with E-state index in [-0.39, 0.29) is 0 Å². The minimum atomic E-state index is 0.937. The minimum absolute atomic E-state index is 0.937. The van der Waals surface area contributed by atoms with Crippen LogP contribution in [-0.4, -0.2) is 4.98 Å². The van der Waals surface area contributed by atoms with Crippen LogP contribution in [-0.2, 0) is 0 Å². The van der Waals surface area contributed by atoms with Crippen molar-refractivity contribution < 1.29 is 0 Å². The molecular formula is C37H29N3. The van der Waals surface area contributed by atoms with Gasteiger partial charge in [0.05, 0.1) is 0 Å². The van der Waals surface area contributed by atoms with Gasteiger partial charge in [0.1, 0.15) is 0 Å². The Morgan fingerprint density at radius 3 is 1.52 bits per heavy atom. The summed E-state index contributed by atoms with van der Waals surface area (Å²) in [6.45, 7) is 0. The van der Waals surface area contributed by atoms with Crippen molar-refractivity contribution in [2.45, 2.75) is 6.42 Å². The minimum Gasteiger partial charge on any atom is -0.355 e. The number of aromatic nitrogens is 1. The van der Waals surface area contributed by atoms with Crippen LogP contribution in [0.2, 0.25) is 0 Å². The maximum absolute atomic E-state index is 3.64. The highest BCUT2D eigenvalue weighted by Crippen LogP contribution is 2.39. The molecular weight excluding hydrogens is 486 g/mol. The zero-order valence-corrected chi connectivity index (χ0v) is 22.1. The van der Waals surface area contributed by atoms with Gasteiger partial charge in [-0.25, -0.2) is 0 Å². The van der Waals surface area contributed by atoms with E-state index >= 15 is 0 Å². The summed E-state index contributed by atoms with van der Waals surface area (Å²) in [6.07, 6.45) is 11.9. The predicted octanol–water partition coefficient (Wildman–Crippen LogP) is 10.3. The van der Waals surface area contributed by atoms with Crippen molar-refractivity contribution in [2.24, 2.45) is 0 Å². The Hall–Kier alpha value is -5.28. The summed E-state index contributed by atoms with van der Waals surface area (Å²) < 4.78 is 0. The lowest BCUT2D eigenvalue weighted by Gasteiger charge is -2.26. The molecule has 0 amide bonds. The number of para-hydroxylation sites is 3. The van der Waals surface area contributed by atoms with Gasteiger partial charge in [0.2, 0.25) is 0 Å². The lowest BCUT2D eigenvalue weighted by Crippen LogP contribution is -2.14. The summed E-state index contributed by atoms with van der Waals surface area (Å²) in [5, 5.41) is 2.40. The highest BCUT2D eigenvalue weighted by atomic mass is 15.1. The topological polar surface area (TPSA) is 22.3 Å². The van der Waals surface area contributed by atoms with Crippen molar-refractivity contribution >= 4 is 50.2 Å². The van der Waals surface area contributed by atoms with Gasteiger partial charge in [-0.15, -0.1) is 0 Å². The Labute approximate surface area is 234 Å². The molecule has 5 aromatic carbocycles. The molecule has 0 bridgehead atoms. The first-order valence-corrected chi connectivity index (χ1v) is 13.7. The van der Waals surface area contributed by atoms with Crippen LogP contribution >= 0.6 is 0 Å². The van der Waals surface area contributed by atoms with E-state index in [1.807, 2.05) is 0 Å². The van der Waals surface area contributed by atoms with Crippen molar-refractivity contribution in [2.75, 3.05) is 9.80 Å². The van der Waals surface area contributed by atoms with Gasteiger partial charge in [0.15, 0.2) is 0 Å². The van der Waals surface area contributed by atoms with Gasteiger partial charge in [0, 0.05) is 55.9 Å². The van der Waals surface area contributed by atoms with Gasteiger partial charge in [-0.1, -0.05) is 72.8 Å². The molecule has 0 unspecified atom stereocenters. The second-order valence-electron chi connectivity index (χ2n) is 9.92. The number of H-pyrrole nitrogens is 1. The fourth-order valence-electron chi connectivity index (χ4n) is 5.49. The fraction of sp³-hybridized carbons (Fsp3) is 0.0270. The molecule has 0 spiro atoms. The summed E-state index contributed by atoms with van der Waals surface area (Å²) in [4.78, 5) is 8.28. The third-order valence-electron chi connectivity index (χ3n) is 7.35. The van der Waals surface area contributed by atoms with Crippen LogP contribution < -0.4 is 9.80 Å². The van der Waals surface area contributed by atoms with E-state index in [9.17, 15) is 0 Å². The first kappa shape index (κ1) is 23.8. The molecule has 192 valence electrons. The largest absolute Gasteiger partial charge is 0.355 e. The van der Waals surface area contributed by atoms with Crippen molar-refractivity contribution in [3.05, 3.63) is 163 Å². The number of fused-ring (bicyclic) bond motifs is 3. The summed E-state index contributed by atoms with van der Waals surface area (Å²) in [5.41, 5.74) is 9.02. The van der Waals surface area contributed by atoms with E-state index in [2.05, 4.69) is 173 Å². The molecule has 1 heterocycles. The van der Waals surface area contributed by atoms with Crippen molar-refractivity contribution in [1.82, 2.24) is 4.98 Å². The molecule has 0 saturated heterocycles. The van der Waals surface area contributed by atoms with Gasteiger partial charge in [-0.05, 0) is 91.4 Å². The van der Waals surface area contributed by atoms with Crippen molar-refractivity contribution in [3.8, 4) is 0 Å². The van der Waals surface area contributed by atoms with Crippen LogP contribution in [0.5, 0.6) is 0 Å². The quantitative estimate of drug-likeness (QED) is 0.238. The van der Waals surface area contributed by atoms with Gasteiger partial charge in [-0.2, -0.15) is 0 Å². The lowest BCUT2D eigenvalue weighted by molar-refractivity contribution is 1.21. The van der Waals surface area contributed by atoms with Crippen LogP contribution in [0.4, 0.5) is 28.4 Å². The van der Waals surface area contributed by atoms with Gasteiger partial charge < -0.3 is 14.8 Å². The van der Waals surface area contributed by atoms with E-state index in [1.54, 1.807) is 0 Å². The molecule has 0 aliphatic heterocycles. The van der Waals surface area contributed by atoms with Crippen molar-refractivity contribution in [3.63, 3.8) is 0 Å². The first-order valence-electron chi connectivity index (χ1n) is 13.7. The molecule has 0 radical (unpaired) electrons. The van der Waals surface area contributed by atoms with E-state index < -0.39 is 0 Å². The van der Waals surface area contributed by atoms with Crippen LogP contribution in [0.1, 0.15) is 6.42 Å². The number of nitrogens with zero attached hydrogens (tertiary/aromatic N) is 2. The average molecular weight is 516 g/mol. The Morgan fingerprint density at radius 1 is 0.475 bits per heavy atom. The number of aromatic amines is 1. The van der Waals surface area contributed by atoms with E-state index in [4.69, 9.17) is 0 Å². The smallest absolute Gasteiger partial charge is 0.0469 e. The highest BCUT2D eigenvalue weighted by Gasteiger charge is 2.17. The van der Waals surface area contributed by atoms with Gasteiger partial charge in [-0.3, -0.25) is 0 Å². The predicted molar refractivity (Wildman–Crippen MR) is 170 cm³/mol. The molecule has 1 aromatic heterocycles. The molecule has 1 aliphatic rings. The standard InChI is InChI=1S/C37H29N3/c1-2-7-15-28(14-6-1)39(29-16-8-3-9-17-29)32-22-24-36-34(26-32)35-27-33(23-25-37(35)38-36)40(30-18-10-4-11-19-30)31-20-12-5-13-21-31/h1,3-27,38H,2H2. The number of benzene rings is 5. The second kappa shape index (κ2) is 10.5. The molecule has 40 heavy (non-hydrogen) atoms. The molecule has 1 aliphatic carbocycles. The number of hydrogen-bond donors (Lipinski definition) is 1. The monoisotopic (exact) mass is 515 g/mol. The summed E-state index contributed by atoms with van der Waals surface area (Å²) in [7, 11) is 0. The molecule has 7 rings (SSSR count). The summed E-state index contributed by atoms with van der Waals surface area (Å²) >= 11 is 0.